The molecule has 208 valence electrons. The highest BCUT2D eigenvalue weighted by Gasteiger charge is 2.34. The number of rotatable bonds is 8. The molecule has 1 amide bonds. The Morgan fingerprint density at radius 1 is 1.03 bits per heavy atom. The predicted octanol–water partition coefficient (Wildman–Crippen LogP) is 2.93. The Kier molecular flexibility index (Phi) is 8.18. The predicted molar refractivity (Wildman–Crippen MR) is 138 cm³/mol. The standard InChI is InChI=1S/C24H27F4N9OS/c25-19-12-16(3-4-18(19)24(26,27)28)13-35-8-10-36(11-9-35)15-21(38)31-23-34-33-22(39-23)30-17-5-7-37(14-17)20-2-1-6-29-32-20/h1-4,6,12,17H,5,7-11,13-15H2,(H,30,33)(H,31,34,38)/t17-/m1/s1. The van der Waals surface area contributed by atoms with Crippen LogP contribution < -0.4 is 15.5 Å². The van der Waals surface area contributed by atoms with Crippen LogP contribution in [-0.4, -0.2) is 88.0 Å². The second-order valence-corrected chi connectivity index (χ2v) is 10.5. The third-order valence-corrected chi connectivity index (χ3v) is 7.42. The maximum Gasteiger partial charge on any atom is 0.419 e. The van der Waals surface area contributed by atoms with Crippen molar-refractivity contribution in [2.45, 2.75) is 25.2 Å². The molecule has 3 aromatic rings. The second-order valence-electron chi connectivity index (χ2n) is 9.48. The zero-order valence-electron chi connectivity index (χ0n) is 20.9. The smallest absolute Gasteiger partial charge is 0.355 e. The summed E-state index contributed by atoms with van der Waals surface area (Å²) in [5, 5.41) is 23.5. The van der Waals surface area contributed by atoms with Crippen molar-refractivity contribution in [1.82, 2.24) is 30.2 Å². The van der Waals surface area contributed by atoms with Crippen molar-refractivity contribution in [2.75, 3.05) is 61.3 Å². The minimum Gasteiger partial charge on any atom is -0.355 e. The van der Waals surface area contributed by atoms with Gasteiger partial charge in [0.15, 0.2) is 5.82 Å². The normalized spacial score (nSPS) is 18.9. The van der Waals surface area contributed by atoms with Crippen molar-refractivity contribution in [3.63, 3.8) is 0 Å². The lowest BCUT2D eigenvalue weighted by Crippen LogP contribution is -2.48. The van der Waals surface area contributed by atoms with E-state index in [1.54, 1.807) is 6.20 Å². The minimum atomic E-state index is -4.71. The van der Waals surface area contributed by atoms with E-state index in [4.69, 9.17) is 0 Å². The number of hydrogen-bond acceptors (Lipinski definition) is 10. The fourth-order valence-corrected chi connectivity index (χ4v) is 5.40. The van der Waals surface area contributed by atoms with Gasteiger partial charge in [0.2, 0.25) is 16.2 Å². The summed E-state index contributed by atoms with van der Waals surface area (Å²) in [6, 6.07) is 6.98. The SMILES string of the molecule is O=C(CN1CCN(Cc2ccc(C(F)(F)F)c(F)c2)CC1)Nc1nnc(N[C@@H]2CCN(c3cccnn3)C2)s1. The lowest BCUT2D eigenvalue weighted by molar-refractivity contribution is -0.140. The van der Waals surface area contributed by atoms with E-state index >= 15 is 0 Å². The van der Waals surface area contributed by atoms with E-state index in [2.05, 4.69) is 35.9 Å². The number of nitrogens with one attached hydrogen (secondary N) is 2. The summed E-state index contributed by atoms with van der Waals surface area (Å²) < 4.78 is 52.2. The molecule has 2 N–H and O–H groups in total. The van der Waals surface area contributed by atoms with Gasteiger partial charge in [-0.2, -0.15) is 18.3 Å². The van der Waals surface area contributed by atoms with Crippen LogP contribution in [-0.2, 0) is 17.5 Å². The fourth-order valence-electron chi connectivity index (χ4n) is 4.67. The van der Waals surface area contributed by atoms with Crippen LogP contribution >= 0.6 is 11.3 Å². The average molecular weight is 566 g/mol. The minimum absolute atomic E-state index is 0.180. The van der Waals surface area contributed by atoms with Gasteiger partial charge in [-0.25, -0.2) is 4.39 Å². The van der Waals surface area contributed by atoms with Gasteiger partial charge in [0.1, 0.15) is 5.82 Å². The highest BCUT2D eigenvalue weighted by atomic mass is 32.1. The molecule has 0 saturated carbocycles. The summed E-state index contributed by atoms with van der Waals surface area (Å²) in [5.41, 5.74) is -0.782. The van der Waals surface area contributed by atoms with Gasteiger partial charge >= 0.3 is 6.18 Å². The monoisotopic (exact) mass is 565 g/mol. The summed E-state index contributed by atoms with van der Waals surface area (Å²) in [5.74, 6) is -0.635. The molecule has 15 heteroatoms. The maximum absolute atomic E-state index is 13.9. The Bertz CT molecular complexity index is 1270. The highest BCUT2D eigenvalue weighted by Crippen LogP contribution is 2.32. The molecule has 1 atom stereocenters. The van der Waals surface area contributed by atoms with E-state index in [1.165, 1.54) is 17.4 Å². The van der Waals surface area contributed by atoms with Gasteiger partial charge in [-0.3, -0.25) is 19.9 Å². The number of anilines is 3. The van der Waals surface area contributed by atoms with Gasteiger partial charge in [-0.1, -0.05) is 17.4 Å². The third kappa shape index (κ3) is 7.16. The molecular weight excluding hydrogens is 538 g/mol. The van der Waals surface area contributed by atoms with E-state index in [0.717, 1.165) is 37.5 Å². The fraction of sp³-hybridized carbons (Fsp3) is 0.458. The molecular formula is C24H27F4N9OS. The first kappa shape index (κ1) is 27.1. The van der Waals surface area contributed by atoms with Gasteiger partial charge in [0.25, 0.3) is 0 Å². The van der Waals surface area contributed by atoms with Crippen LogP contribution in [0.25, 0.3) is 0 Å². The Morgan fingerprint density at radius 3 is 2.51 bits per heavy atom. The lowest BCUT2D eigenvalue weighted by Gasteiger charge is -2.34. The van der Waals surface area contributed by atoms with E-state index < -0.39 is 17.6 Å². The molecule has 10 nitrogen and oxygen atoms in total. The van der Waals surface area contributed by atoms with E-state index in [9.17, 15) is 22.4 Å². The first-order valence-electron chi connectivity index (χ1n) is 12.5. The lowest BCUT2D eigenvalue weighted by atomic mass is 10.1. The number of benzene rings is 1. The average Bonchev–Trinajstić information content (AvgIpc) is 3.55. The number of halogens is 4. The molecule has 2 aromatic heterocycles. The van der Waals surface area contributed by atoms with Crippen LogP contribution in [0.4, 0.5) is 33.6 Å². The van der Waals surface area contributed by atoms with Crippen LogP contribution in [0.3, 0.4) is 0 Å². The topological polar surface area (TPSA) is 102 Å². The Hall–Kier alpha value is -3.43. The number of hydrogen-bond donors (Lipinski definition) is 2. The van der Waals surface area contributed by atoms with Gasteiger partial charge in [-0.05, 0) is 36.2 Å². The van der Waals surface area contributed by atoms with Crippen LogP contribution in [0, 0.1) is 5.82 Å². The molecule has 0 unspecified atom stereocenters. The van der Waals surface area contributed by atoms with Crippen molar-refractivity contribution in [2.24, 2.45) is 0 Å². The van der Waals surface area contributed by atoms with Crippen molar-refractivity contribution < 1.29 is 22.4 Å². The summed E-state index contributed by atoms with van der Waals surface area (Å²) in [6.07, 6.45) is -2.15. The van der Waals surface area contributed by atoms with E-state index in [-0.39, 0.29) is 18.5 Å². The van der Waals surface area contributed by atoms with Gasteiger partial charge < -0.3 is 10.2 Å². The second kappa shape index (κ2) is 11.8. The first-order valence-corrected chi connectivity index (χ1v) is 13.3. The maximum atomic E-state index is 13.9. The highest BCUT2D eigenvalue weighted by molar-refractivity contribution is 7.19. The molecule has 4 heterocycles. The van der Waals surface area contributed by atoms with Crippen molar-refractivity contribution >= 4 is 33.3 Å². The molecule has 0 aliphatic carbocycles. The molecule has 0 bridgehead atoms. The van der Waals surface area contributed by atoms with Crippen LogP contribution in [0.2, 0.25) is 0 Å². The quantitative estimate of drug-likeness (QED) is 0.399. The van der Waals surface area contributed by atoms with Gasteiger partial charge in [-0.15, -0.1) is 15.3 Å². The summed E-state index contributed by atoms with van der Waals surface area (Å²) in [7, 11) is 0. The molecule has 39 heavy (non-hydrogen) atoms. The molecule has 2 saturated heterocycles. The number of amides is 1. The molecule has 2 fully saturated rings. The molecule has 1 aromatic carbocycles. The Morgan fingerprint density at radius 2 is 1.79 bits per heavy atom. The van der Waals surface area contributed by atoms with E-state index in [1.807, 2.05) is 21.9 Å². The van der Waals surface area contributed by atoms with Crippen LogP contribution in [0.1, 0.15) is 17.5 Å². The third-order valence-electron chi connectivity index (χ3n) is 6.65. The molecule has 0 spiro atoms. The summed E-state index contributed by atoms with van der Waals surface area (Å²) >= 11 is 1.27. The molecule has 5 rings (SSSR count). The summed E-state index contributed by atoms with van der Waals surface area (Å²) in [4.78, 5) is 18.7. The molecule has 0 radical (unpaired) electrons. The van der Waals surface area contributed by atoms with Crippen molar-refractivity contribution in [3.05, 3.63) is 53.5 Å². The number of aromatic nitrogens is 4. The van der Waals surface area contributed by atoms with Crippen molar-refractivity contribution in [3.8, 4) is 0 Å². The largest absolute Gasteiger partial charge is 0.419 e. The number of carbonyl (C=O) groups excluding carboxylic acids is 1. The van der Waals surface area contributed by atoms with Crippen molar-refractivity contribution in [1.29, 1.82) is 0 Å². The number of nitrogens with zero attached hydrogens (tertiary/aromatic N) is 7. The molecule has 2 aliphatic rings. The van der Waals surface area contributed by atoms with Crippen LogP contribution in [0.15, 0.2) is 36.5 Å². The summed E-state index contributed by atoms with van der Waals surface area (Å²) in [6.45, 7) is 4.55. The molecule has 2 aliphatic heterocycles. The number of alkyl halides is 3. The van der Waals surface area contributed by atoms with Crippen LogP contribution in [0.5, 0.6) is 0 Å². The Balaban J connectivity index is 1.03. The van der Waals surface area contributed by atoms with Gasteiger partial charge in [0, 0.05) is 58.1 Å². The zero-order chi connectivity index (χ0) is 27.4. The zero-order valence-corrected chi connectivity index (χ0v) is 21.7. The number of carbonyl (C=O) groups is 1. The number of piperazine rings is 1. The Labute approximate surface area is 226 Å². The first-order chi connectivity index (χ1) is 18.7. The van der Waals surface area contributed by atoms with Gasteiger partial charge in [0.05, 0.1) is 12.1 Å². The van der Waals surface area contributed by atoms with E-state index in [0.29, 0.717) is 48.6 Å².